The normalized spacial score (nSPS) is 24.7. The highest BCUT2D eigenvalue weighted by atomic mass is 16.2. The summed E-state index contributed by atoms with van der Waals surface area (Å²) in [5.41, 5.74) is 2.85. The minimum atomic E-state index is -1.62. The smallest absolute Gasteiger partial charge is 0.250 e. The second-order valence-electron chi connectivity index (χ2n) is 12.7. The van der Waals surface area contributed by atoms with Crippen LogP contribution in [0.4, 0.5) is 5.69 Å². The Morgan fingerprint density at radius 2 is 1.64 bits per heavy atom. The lowest BCUT2D eigenvalue weighted by Gasteiger charge is -2.38. The summed E-state index contributed by atoms with van der Waals surface area (Å²) in [7, 11) is 0. The maximum Gasteiger partial charge on any atom is 0.250 e. The number of nitriles is 1. The third kappa shape index (κ3) is 3.57. The Labute approximate surface area is 271 Å². The molecule has 228 valence electrons. The number of ketones is 1. The molecule has 0 bridgehead atoms. The van der Waals surface area contributed by atoms with E-state index in [9.17, 15) is 10.1 Å². The zero-order valence-corrected chi connectivity index (χ0v) is 25.4. The number of nitrogens with zero attached hydrogens (tertiary/aromatic N) is 4. The van der Waals surface area contributed by atoms with Crippen LogP contribution in [0.3, 0.4) is 0 Å². The first kappa shape index (κ1) is 27.5. The number of rotatable bonds is 5. The van der Waals surface area contributed by atoms with Crippen LogP contribution in [-0.2, 0) is 10.3 Å². The topological polar surface area (TPSA) is 107 Å². The van der Waals surface area contributed by atoms with E-state index in [2.05, 4.69) is 21.3 Å². The second kappa shape index (κ2) is 10.1. The van der Waals surface area contributed by atoms with Gasteiger partial charge >= 0.3 is 0 Å². The lowest BCUT2D eigenvalue weighted by atomic mass is 9.60. The Morgan fingerprint density at radius 3 is 2.45 bits per heavy atom. The van der Waals surface area contributed by atoms with Crippen molar-refractivity contribution in [3.8, 4) is 23.0 Å². The van der Waals surface area contributed by atoms with Crippen LogP contribution >= 0.6 is 0 Å². The highest BCUT2D eigenvalue weighted by Crippen LogP contribution is 2.67. The number of carbonyl (C=O) groups excluding carboxylic acids is 2. The average Bonchev–Trinajstić information content (AvgIpc) is 3.94. The van der Waals surface area contributed by atoms with E-state index in [1.54, 1.807) is 6.20 Å². The maximum atomic E-state index is 15.5. The van der Waals surface area contributed by atoms with Gasteiger partial charge in [0.1, 0.15) is 11.0 Å². The lowest BCUT2D eigenvalue weighted by molar-refractivity contribution is -0.127. The molecule has 8 nitrogen and oxygen atoms in total. The molecule has 3 aliphatic heterocycles. The molecule has 0 unspecified atom stereocenters. The Bertz CT molecular complexity index is 2250. The first-order valence-corrected chi connectivity index (χ1v) is 16.0. The zero-order chi connectivity index (χ0) is 31.8. The van der Waals surface area contributed by atoms with Crippen LogP contribution in [0.2, 0.25) is 0 Å². The number of aromatic amines is 1. The Morgan fingerprint density at radius 1 is 0.915 bits per heavy atom. The average molecular weight is 615 g/mol. The first-order chi connectivity index (χ1) is 23.1. The van der Waals surface area contributed by atoms with E-state index in [1.165, 1.54) is 0 Å². The predicted octanol–water partition coefficient (Wildman–Crippen LogP) is 6.82. The number of hydrogen-bond donors (Lipinski definition) is 2. The molecule has 2 saturated heterocycles. The quantitative estimate of drug-likeness (QED) is 0.207. The molecule has 1 spiro atoms. The second-order valence-corrected chi connectivity index (χ2v) is 12.7. The summed E-state index contributed by atoms with van der Waals surface area (Å²) in [6, 6.07) is 37.2. The number of nitrogens with one attached hydrogen (secondary N) is 2. The van der Waals surface area contributed by atoms with Gasteiger partial charge in [-0.1, -0.05) is 84.9 Å². The third-order valence-electron chi connectivity index (χ3n) is 10.6. The molecule has 47 heavy (non-hydrogen) atoms. The first-order valence-electron chi connectivity index (χ1n) is 16.0. The number of amides is 1. The summed E-state index contributed by atoms with van der Waals surface area (Å²) in [4.78, 5) is 35.7. The Hall–Kier alpha value is -5.78. The molecule has 4 aromatic carbocycles. The molecule has 9 rings (SSSR count). The van der Waals surface area contributed by atoms with Gasteiger partial charge in [-0.25, -0.2) is 4.68 Å². The standard InChI is InChI=1S/C39H30N6O2/c40-24-38(36(46)28-22-41-31-18-9-7-16-27(28)31)33-20-11-21-44(33)39(30-17-8-10-19-32(30)42-37(39)47)35(38)29-23-45(26-14-5-2-6-15-26)43-34(29)25-12-3-1-4-13-25/h1-10,12-19,22-23,33,35,41H,11,20-21H2,(H,42,47)/t33-,35-,38+,39+/m0/s1. The van der Waals surface area contributed by atoms with Crippen molar-refractivity contribution >= 4 is 28.3 Å². The molecule has 3 aliphatic rings. The highest BCUT2D eigenvalue weighted by molar-refractivity contribution is 6.15. The van der Waals surface area contributed by atoms with Gasteiger partial charge in [-0.15, -0.1) is 0 Å². The summed E-state index contributed by atoms with van der Waals surface area (Å²) in [5, 5.41) is 20.7. The molecule has 2 fully saturated rings. The van der Waals surface area contributed by atoms with Crippen LogP contribution < -0.4 is 5.32 Å². The molecule has 8 heteroatoms. The van der Waals surface area contributed by atoms with Crippen LogP contribution in [0.15, 0.2) is 122 Å². The monoisotopic (exact) mass is 614 g/mol. The molecule has 0 saturated carbocycles. The number of aromatic nitrogens is 3. The van der Waals surface area contributed by atoms with E-state index in [0.29, 0.717) is 35.5 Å². The number of H-pyrrole nitrogens is 1. The molecule has 0 aliphatic carbocycles. The summed E-state index contributed by atoms with van der Waals surface area (Å²) < 4.78 is 1.81. The van der Waals surface area contributed by atoms with Crippen molar-refractivity contribution in [1.82, 2.24) is 19.7 Å². The lowest BCUT2D eigenvalue weighted by Crippen LogP contribution is -2.50. The fraction of sp³-hybridized carbons (Fsp3) is 0.179. The van der Waals surface area contributed by atoms with Gasteiger partial charge in [0.05, 0.1) is 17.5 Å². The Balaban J connectivity index is 1.40. The minimum Gasteiger partial charge on any atom is -0.360 e. The van der Waals surface area contributed by atoms with Gasteiger partial charge in [0.15, 0.2) is 5.78 Å². The van der Waals surface area contributed by atoms with Crippen LogP contribution in [0.5, 0.6) is 0 Å². The number of benzene rings is 4. The van der Waals surface area contributed by atoms with Gasteiger partial charge in [-0.3, -0.25) is 14.5 Å². The van der Waals surface area contributed by atoms with E-state index in [1.807, 2.05) is 120 Å². The van der Waals surface area contributed by atoms with Crippen molar-refractivity contribution in [2.45, 2.75) is 30.3 Å². The van der Waals surface area contributed by atoms with Crippen molar-refractivity contribution in [2.24, 2.45) is 5.41 Å². The van der Waals surface area contributed by atoms with E-state index in [-0.39, 0.29) is 11.7 Å². The number of hydrogen-bond acceptors (Lipinski definition) is 5. The van der Waals surface area contributed by atoms with Crippen LogP contribution in [0.1, 0.15) is 40.2 Å². The van der Waals surface area contributed by atoms with Crippen LogP contribution in [0, 0.1) is 16.7 Å². The van der Waals surface area contributed by atoms with E-state index >= 15 is 4.79 Å². The molecule has 6 aromatic rings. The summed E-state index contributed by atoms with van der Waals surface area (Å²) in [6.45, 7) is 0.584. The fourth-order valence-electron chi connectivity index (χ4n) is 8.74. The van der Waals surface area contributed by atoms with Crippen molar-refractivity contribution < 1.29 is 9.59 Å². The van der Waals surface area contributed by atoms with Crippen molar-refractivity contribution in [2.75, 3.05) is 11.9 Å². The maximum absolute atomic E-state index is 15.5. The van der Waals surface area contributed by atoms with Crippen molar-refractivity contribution in [1.29, 1.82) is 5.26 Å². The van der Waals surface area contributed by atoms with E-state index in [4.69, 9.17) is 5.10 Å². The third-order valence-corrected chi connectivity index (χ3v) is 10.6. The predicted molar refractivity (Wildman–Crippen MR) is 179 cm³/mol. The molecule has 4 atom stereocenters. The molecule has 5 heterocycles. The van der Waals surface area contributed by atoms with Gasteiger partial charge < -0.3 is 10.3 Å². The number of para-hydroxylation sites is 3. The van der Waals surface area contributed by atoms with E-state index in [0.717, 1.165) is 34.1 Å². The Kier molecular flexibility index (Phi) is 5.92. The fourth-order valence-corrected chi connectivity index (χ4v) is 8.74. The zero-order valence-electron chi connectivity index (χ0n) is 25.4. The summed E-state index contributed by atoms with van der Waals surface area (Å²) >= 11 is 0. The number of carbonyl (C=O) groups is 2. The summed E-state index contributed by atoms with van der Waals surface area (Å²) in [6.07, 6.45) is 5.05. The van der Waals surface area contributed by atoms with Crippen LogP contribution in [0.25, 0.3) is 27.8 Å². The van der Waals surface area contributed by atoms with Gasteiger partial charge in [0.2, 0.25) is 5.91 Å². The van der Waals surface area contributed by atoms with E-state index < -0.39 is 22.9 Å². The molecular formula is C39H30N6O2. The molecule has 0 radical (unpaired) electrons. The molecule has 1 amide bonds. The van der Waals surface area contributed by atoms with Gasteiger partial charge in [0.25, 0.3) is 0 Å². The number of fused-ring (bicyclic) bond motifs is 5. The van der Waals surface area contributed by atoms with Crippen LogP contribution in [-0.4, -0.2) is 43.9 Å². The van der Waals surface area contributed by atoms with Gasteiger partial charge in [-0.2, -0.15) is 10.4 Å². The van der Waals surface area contributed by atoms with Crippen molar-refractivity contribution in [3.63, 3.8) is 0 Å². The molecular weight excluding hydrogens is 584 g/mol. The largest absolute Gasteiger partial charge is 0.360 e. The molecule has 2 aromatic heterocycles. The SMILES string of the molecule is N#C[C@@]1(C(=O)c2c[nH]c3ccccc23)[C@@H]2CCCN2[C@@]2(C(=O)Nc3ccccc32)[C@H]1c1cn(-c2ccccc2)nc1-c1ccccc1. The number of Topliss-reactive ketones (excluding diaryl/α,β-unsaturated/α-hetero) is 1. The van der Waals surface area contributed by atoms with Gasteiger partial charge in [0, 0.05) is 63.2 Å². The van der Waals surface area contributed by atoms with Gasteiger partial charge in [-0.05, 0) is 43.7 Å². The molecule has 2 N–H and O–H groups in total. The summed E-state index contributed by atoms with van der Waals surface area (Å²) in [5.74, 6) is -1.38. The number of anilines is 1. The minimum absolute atomic E-state index is 0.217. The van der Waals surface area contributed by atoms with Crippen molar-refractivity contribution in [3.05, 3.63) is 138 Å². The highest BCUT2D eigenvalue weighted by Gasteiger charge is 2.76.